The minimum absolute atomic E-state index is 0.109. The summed E-state index contributed by atoms with van der Waals surface area (Å²) in [6, 6.07) is 5.87. The van der Waals surface area contributed by atoms with E-state index in [4.69, 9.17) is 29.8 Å². The zero-order valence-electron chi connectivity index (χ0n) is 11.3. The van der Waals surface area contributed by atoms with E-state index in [1.54, 1.807) is 12.3 Å². The van der Waals surface area contributed by atoms with Crippen LogP contribution in [0.25, 0.3) is 27.3 Å². The maximum atomic E-state index is 7.18. The van der Waals surface area contributed by atoms with Crippen molar-refractivity contribution in [3.63, 3.8) is 0 Å². The molecular formula is C15H9Cl2N5. The third-order valence-electron chi connectivity index (χ3n) is 3.67. The average Bonchev–Trinajstić information content (AvgIpc) is 3.27. The van der Waals surface area contributed by atoms with Crippen LogP contribution in [0.5, 0.6) is 0 Å². The number of aromatic nitrogens is 4. The highest BCUT2D eigenvalue weighted by Crippen LogP contribution is 2.42. The summed E-state index contributed by atoms with van der Waals surface area (Å²) in [5.41, 5.74) is 3.02. The highest BCUT2D eigenvalue weighted by molar-refractivity contribution is 6.33. The van der Waals surface area contributed by atoms with Crippen LogP contribution in [0.3, 0.4) is 0 Å². The van der Waals surface area contributed by atoms with Crippen LogP contribution >= 0.6 is 23.2 Å². The predicted octanol–water partition coefficient (Wildman–Crippen LogP) is 4.69. The van der Waals surface area contributed by atoms with E-state index in [0.717, 1.165) is 29.7 Å². The van der Waals surface area contributed by atoms with E-state index >= 15 is 0 Å². The maximum absolute atomic E-state index is 7.18. The molecule has 1 aliphatic carbocycles. The van der Waals surface area contributed by atoms with Crippen LogP contribution in [0, 0.1) is 6.57 Å². The fraction of sp³-hybridized carbons (Fsp3) is 0.200. The Labute approximate surface area is 136 Å². The van der Waals surface area contributed by atoms with Crippen molar-refractivity contribution in [1.82, 2.24) is 19.5 Å². The fourth-order valence-corrected chi connectivity index (χ4v) is 2.92. The zero-order chi connectivity index (χ0) is 15.3. The summed E-state index contributed by atoms with van der Waals surface area (Å²) in [6.45, 7) is 7.18. The van der Waals surface area contributed by atoms with Crippen LogP contribution in [0.2, 0.25) is 10.4 Å². The molecule has 2 heterocycles. The minimum atomic E-state index is 0.109. The molecule has 0 amide bonds. The monoisotopic (exact) mass is 329 g/mol. The van der Waals surface area contributed by atoms with Crippen molar-refractivity contribution in [3.8, 4) is 11.4 Å². The number of hydrogen-bond donors (Lipinski definition) is 0. The Balaban J connectivity index is 2.01. The molecule has 0 aliphatic heterocycles. The van der Waals surface area contributed by atoms with Crippen molar-refractivity contribution in [2.75, 3.05) is 0 Å². The van der Waals surface area contributed by atoms with Crippen molar-refractivity contribution in [3.05, 3.63) is 46.2 Å². The van der Waals surface area contributed by atoms with Gasteiger partial charge in [-0.15, -0.1) is 0 Å². The first-order chi connectivity index (χ1) is 10.7. The Morgan fingerprint density at radius 2 is 2.05 bits per heavy atom. The van der Waals surface area contributed by atoms with Gasteiger partial charge in [0.05, 0.1) is 23.2 Å². The molecule has 2 aromatic heterocycles. The van der Waals surface area contributed by atoms with Crippen LogP contribution in [-0.2, 0) is 0 Å². The Bertz CT molecular complexity index is 937. The number of halogens is 2. The number of nitrogens with zero attached hydrogens (tertiary/aromatic N) is 5. The molecule has 1 saturated carbocycles. The Hall–Kier alpha value is -2.16. The maximum Gasteiger partial charge on any atom is 0.223 e. The SMILES string of the molecule is [C-]#[N+]c1ccc2nc(-c3cnc(Cl)nc3Cl)n(C3CC3)c2c1. The first kappa shape index (κ1) is 13.5. The molecule has 0 atom stereocenters. The van der Waals surface area contributed by atoms with Gasteiger partial charge in [-0.2, -0.15) is 0 Å². The van der Waals surface area contributed by atoms with E-state index in [1.807, 2.05) is 12.1 Å². The Morgan fingerprint density at radius 1 is 1.23 bits per heavy atom. The van der Waals surface area contributed by atoms with Gasteiger partial charge in [0.1, 0.15) is 11.0 Å². The highest BCUT2D eigenvalue weighted by atomic mass is 35.5. The average molecular weight is 330 g/mol. The van der Waals surface area contributed by atoms with Crippen LogP contribution < -0.4 is 0 Å². The van der Waals surface area contributed by atoms with Gasteiger partial charge in [0, 0.05) is 12.2 Å². The number of fused-ring (bicyclic) bond motifs is 1. The lowest BCUT2D eigenvalue weighted by molar-refractivity contribution is 0.774. The molecule has 0 unspecified atom stereocenters. The van der Waals surface area contributed by atoms with Crippen molar-refractivity contribution in [1.29, 1.82) is 0 Å². The van der Waals surface area contributed by atoms with E-state index in [9.17, 15) is 0 Å². The van der Waals surface area contributed by atoms with Gasteiger partial charge in [0.2, 0.25) is 5.28 Å². The molecule has 0 saturated heterocycles. The van der Waals surface area contributed by atoms with Crippen molar-refractivity contribution < 1.29 is 0 Å². The van der Waals surface area contributed by atoms with Gasteiger partial charge in [0.25, 0.3) is 0 Å². The molecule has 1 aliphatic rings. The first-order valence-electron chi connectivity index (χ1n) is 6.75. The topological polar surface area (TPSA) is 48.0 Å². The number of hydrogen-bond acceptors (Lipinski definition) is 3. The summed E-state index contributed by atoms with van der Waals surface area (Å²) in [4.78, 5) is 16.2. The van der Waals surface area contributed by atoms with E-state index in [2.05, 4.69) is 24.4 Å². The highest BCUT2D eigenvalue weighted by Gasteiger charge is 2.29. The standard InChI is InChI=1S/C15H9Cl2N5/c1-18-8-2-5-11-12(6-8)22(9-3-4-9)14(20-11)10-7-19-15(17)21-13(10)16/h2,5-7,9H,3-4H2. The van der Waals surface area contributed by atoms with Crippen LogP contribution in [-0.4, -0.2) is 19.5 Å². The van der Waals surface area contributed by atoms with Gasteiger partial charge in [-0.1, -0.05) is 17.7 Å². The molecule has 5 nitrogen and oxygen atoms in total. The van der Waals surface area contributed by atoms with Gasteiger partial charge < -0.3 is 4.57 Å². The van der Waals surface area contributed by atoms with Gasteiger partial charge in [0.15, 0.2) is 5.69 Å². The second-order valence-corrected chi connectivity index (χ2v) is 5.86. The first-order valence-corrected chi connectivity index (χ1v) is 7.51. The van der Waals surface area contributed by atoms with Crippen LogP contribution in [0.1, 0.15) is 18.9 Å². The number of imidazole rings is 1. The molecule has 7 heteroatoms. The molecule has 4 rings (SSSR count). The summed E-state index contributed by atoms with van der Waals surface area (Å²) in [5, 5.41) is 0.390. The molecule has 22 heavy (non-hydrogen) atoms. The summed E-state index contributed by atoms with van der Waals surface area (Å²) >= 11 is 12.0. The quantitative estimate of drug-likeness (QED) is 0.389. The zero-order valence-corrected chi connectivity index (χ0v) is 12.8. The summed E-state index contributed by atoms with van der Waals surface area (Å²) in [7, 11) is 0. The number of rotatable bonds is 2. The van der Waals surface area contributed by atoms with Gasteiger partial charge >= 0.3 is 0 Å². The number of benzene rings is 1. The predicted molar refractivity (Wildman–Crippen MR) is 85.3 cm³/mol. The van der Waals surface area contributed by atoms with Crippen molar-refractivity contribution in [2.45, 2.75) is 18.9 Å². The normalized spacial score (nSPS) is 14.2. The molecule has 3 aromatic rings. The lowest BCUT2D eigenvalue weighted by atomic mass is 10.2. The summed E-state index contributed by atoms with van der Waals surface area (Å²) in [5.74, 6) is 0.723. The Morgan fingerprint density at radius 3 is 2.73 bits per heavy atom. The van der Waals surface area contributed by atoms with Crippen molar-refractivity contribution >= 4 is 39.9 Å². The van der Waals surface area contributed by atoms with Gasteiger partial charge in [-0.3, -0.25) is 0 Å². The van der Waals surface area contributed by atoms with Gasteiger partial charge in [-0.25, -0.2) is 19.8 Å². The van der Waals surface area contributed by atoms with E-state index in [1.165, 1.54) is 0 Å². The van der Waals surface area contributed by atoms with Crippen LogP contribution in [0.4, 0.5) is 5.69 Å². The third-order valence-corrected chi connectivity index (χ3v) is 4.14. The van der Waals surface area contributed by atoms with Crippen molar-refractivity contribution in [2.24, 2.45) is 0 Å². The van der Waals surface area contributed by atoms with E-state index in [0.29, 0.717) is 17.3 Å². The summed E-state index contributed by atoms with van der Waals surface area (Å²) in [6.07, 6.45) is 3.77. The Kier molecular flexibility index (Phi) is 3.03. The molecule has 0 N–H and O–H groups in total. The second-order valence-electron chi connectivity index (χ2n) is 5.16. The minimum Gasteiger partial charge on any atom is -0.322 e. The molecule has 0 bridgehead atoms. The molecular weight excluding hydrogens is 321 g/mol. The molecule has 0 spiro atoms. The van der Waals surface area contributed by atoms with E-state index in [-0.39, 0.29) is 10.4 Å². The van der Waals surface area contributed by atoms with Gasteiger partial charge in [-0.05, 0) is 36.6 Å². The lowest BCUT2D eigenvalue weighted by Crippen LogP contribution is -1.99. The smallest absolute Gasteiger partial charge is 0.223 e. The second kappa shape index (κ2) is 4.94. The summed E-state index contributed by atoms with van der Waals surface area (Å²) < 4.78 is 2.13. The molecule has 1 aromatic carbocycles. The van der Waals surface area contributed by atoms with E-state index < -0.39 is 0 Å². The molecule has 0 radical (unpaired) electrons. The fourth-order valence-electron chi connectivity index (χ4n) is 2.53. The third kappa shape index (κ3) is 2.12. The molecule has 1 fully saturated rings. The molecule has 108 valence electrons. The lowest BCUT2D eigenvalue weighted by Gasteiger charge is -2.08. The van der Waals surface area contributed by atoms with Crippen LogP contribution in [0.15, 0.2) is 24.4 Å². The largest absolute Gasteiger partial charge is 0.322 e.